The number of nitro groups is 1. The number of nitrogens with one attached hydrogen (secondary N) is 1. The number of benzene rings is 2. The van der Waals surface area contributed by atoms with E-state index in [1.54, 1.807) is 19.9 Å². The molecule has 0 heterocycles. The molecule has 160 valence electrons. The lowest BCUT2D eigenvalue weighted by molar-refractivity contribution is -0.385. The summed E-state index contributed by atoms with van der Waals surface area (Å²) >= 11 is 0. The maximum Gasteiger partial charge on any atom is 0.276 e. The molecule has 9 nitrogen and oxygen atoms in total. The molecular formula is C20H23N3O6S. The summed E-state index contributed by atoms with van der Waals surface area (Å²) in [7, 11) is -2.33. The lowest BCUT2D eigenvalue weighted by Gasteiger charge is -2.19. The lowest BCUT2D eigenvalue weighted by atomic mass is 10.1. The monoisotopic (exact) mass is 433 g/mol. The SMILES string of the molecule is CCN(CC)S(=O)(=O)c1ccc(OC)c(NC(=O)C=Cc2ccccc2[N+](=O)[O-])c1. The normalized spacial score (nSPS) is 11.6. The van der Waals surface area contributed by atoms with Gasteiger partial charge < -0.3 is 10.1 Å². The first kappa shape index (κ1) is 23.0. The van der Waals surface area contributed by atoms with Crippen molar-refractivity contribution in [3.63, 3.8) is 0 Å². The summed E-state index contributed by atoms with van der Waals surface area (Å²) in [6.45, 7) is 4.10. The van der Waals surface area contributed by atoms with Crippen molar-refractivity contribution in [2.24, 2.45) is 0 Å². The van der Waals surface area contributed by atoms with Crippen molar-refractivity contribution in [2.45, 2.75) is 18.7 Å². The predicted octanol–water partition coefficient (Wildman–Crippen LogP) is 3.29. The Morgan fingerprint density at radius 3 is 2.47 bits per heavy atom. The Morgan fingerprint density at radius 2 is 1.87 bits per heavy atom. The van der Waals surface area contributed by atoms with E-state index in [1.807, 2.05) is 0 Å². The van der Waals surface area contributed by atoms with Crippen LogP contribution in [0.5, 0.6) is 5.75 Å². The zero-order chi connectivity index (χ0) is 22.3. The van der Waals surface area contributed by atoms with E-state index in [9.17, 15) is 23.3 Å². The summed E-state index contributed by atoms with van der Waals surface area (Å²) in [5, 5.41) is 13.6. The highest BCUT2D eigenvalue weighted by Crippen LogP contribution is 2.29. The maximum atomic E-state index is 12.7. The minimum absolute atomic E-state index is 0.0185. The van der Waals surface area contributed by atoms with Gasteiger partial charge in [0.25, 0.3) is 5.69 Å². The standard InChI is InChI=1S/C20H23N3O6S/c1-4-22(5-2)30(27,28)16-11-12-19(29-3)17(14-16)21-20(24)13-10-15-8-6-7-9-18(15)23(25)26/h6-14H,4-5H2,1-3H3,(H,21,24). The second-order valence-corrected chi connectivity index (χ2v) is 8.03. The van der Waals surface area contributed by atoms with E-state index in [0.29, 0.717) is 13.1 Å². The third-order valence-electron chi connectivity index (χ3n) is 4.32. The number of hydrogen-bond acceptors (Lipinski definition) is 6. The molecule has 0 radical (unpaired) electrons. The van der Waals surface area contributed by atoms with Crippen LogP contribution in [0.15, 0.2) is 53.4 Å². The van der Waals surface area contributed by atoms with Gasteiger partial charge in [0.05, 0.1) is 28.2 Å². The molecule has 0 aromatic heterocycles. The van der Waals surface area contributed by atoms with E-state index in [2.05, 4.69) is 5.32 Å². The van der Waals surface area contributed by atoms with E-state index in [4.69, 9.17) is 4.74 Å². The molecule has 0 unspecified atom stereocenters. The number of amides is 1. The molecule has 0 aliphatic carbocycles. The van der Waals surface area contributed by atoms with Crippen LogP contribution in [0.25, 0.3) is 6.08 Å². The summed E-state index contributed by atoms with van der Waals surface area (Å²) in [5.74, 6) is -0.315. The fourth-order valence-corrected chi connectivity index (χ4v) is 4.28. The van der Waals surface area contributed by atoms with E-state index >= 15 is 0 Å². The Morgan fingerprint density at radius 1 is 1.20 bits per heavy atom. The molecule has 0 spiro atoms. The number of nitrogens with zero attached hydrogens (tertiary/aromatic N) is 2. The minimum atomic E-state index is -3.72. The van der Waals surface area contributed by atoms with Crippen LogP contribution in [0, 0.1) is 10.1 Å². The van der Waals surface area contributed by atoms with Crippen LogP contribution in [0.2, 0.25) is 0 Å². The number of carbonyl (C=O) groups is 1. The minimum Gasteiger partial charge on any atom is -0.495 e. The average molecular weight is 433 g/mol. The fourth-order valence-electron chi connectivity index (χ4n) is 2.79. The molecule has 10 heteroatoms. The summed E-state index contributed by atoms with van der Waals surface area (Å²) in [5.41, 5.74) is 0.303. The first-order valence-corrected chi connectivity index (χ1v) is 10.6. The molecule has 2 rings (SSSR count). The zero-order valence-corrected chi connectivity index (χ0v) is 17.7. The summed E-state index contributed by atoms with van der Waals surface area (Å²) in [6.07, 6.45) is 2.45. The van der Waals surface area contributed by atoms with Gasteiger partial charge in [-0.05, 0) is 30.3 Å². The predicted molar refractivity (Wildman–Crippen MR) is 114 cm³/mol. The Bertz CT molecular complexity index is 1060. The summed E-state index contributed by atoms with van der Waals surface area (Å²) in [6, 6.07) is 10.2. The van der Waals surface area contributed by atoms with Gasteiger partial charge in [-0.15, -0.1) is 0 Å². The van der Waals surface area contributed by atoms with Crippen LogP contribution in [-0.4, -0.2) is 43.8 Å². The van der Waals surface area contributed by atoms with Crippen LogP contribution in [-0.2, 0) is 14.8 Å². The Labute approximate surface area is 175 Å². The molecule has 2 aromatic carbocycles. The number of ether oxygens (including phenoxy) is 1. The van der Waals surface area contributed by atoms with E-state index in [1.165, 1.54) is 53.9 Å². The van der Waals surface area contributed by atoms with Gasteiger partial charge in [0.1, 0.15) is 5.75 Å². The molecule has 0 aliphatic rings. The van der Waals surface area contributed by atoms with Crippen molar-refractivity contribution in [3.05, 3.63) is 64.2 Å². The number of methoxy groups -OCH3 is 1. The van der Waals surface area contributed by atoms with Gasteiger partial charge in [-0.1, -0.05) is 26.0 Å². The first-order valence-electron chi connectivity index (χ1n) is 9.15. The second kappa shape index (κ2) is 9.99. The van der Waals surface area contributed by atoms with Gasteiger partial charge in [-0.3, -0.25) is 14.9 Å². The molecule has 0 atom stereocenters. The molecule has 0 fully saturated rings. The van der Waals surface area contributed by atoms with Crippen molar-refractivity contribution < 1.29 is 22.9 Å². The Balaban J connectivity index is 2.31. The van der Waals surface area contributed by atoms with Crippen molar-refractivity contribution in [1.29, 1.82) is 0 Å². The molecule has 1 N–H and O–H groups in total. The summed E-state index contributed by atoms with van der Waals surface area (Å²) in [4.78, 5) is 22.9. The molecule has 0 aliphatic heterocycles. The van der Waals surface area contributed by atoms with Gasteiger partial charge in [-0.25, -0.2) is 8.42 Å². The van der Waals surface area contributed by atoms with Crippen molar-refractivity contribution in [1.82, 2.24) is 4.31 Å². The highest BCUT2D eigenvalue weighted by atomic mass is 32.2. The van der Waals surface area contributed by atoms with Crippen LogP contribution in [0.4, 0.5) is 11.4 Å². The Kier molecular flexibility index (Phi) is 7.67. The van der Waals surface area contributed by atoms with Crippen LogP contribution >= 0.6 is 0 Å². The molecular weight excluding hydrogens is 410 g/mol. The fraction of sp³-hybridized carbons (Fsp3) is 0.250. The first-order chi connectivity index (χ1) is 14.2. The largest absolute Gasteiger partial charge is 0.495 e. The van der Waals surface area contributed by atoms with Gasteiger partial charge >= 0.3 is 0 Å². The number of para-hydroxylation sites is 1. The van der Waals surface area contributed by atoms with E-state index in [0.717, 1.165) is 6.08 Å². The van der Waals surface area contributed by atoms with Crippen LogP contribution in [0.1, 0.15) is 19.4 Å². The molecule has 0 saturated carbocycles. The highest BCUT2D eigenvalue weighted by molar-refractivity contribution is 7.89. The van der Waals surface area contributed by atoms with Gasteiger partial charge in [0, 0.05) is 25.2 Å². The topological polar surface area (TPSA) is 119 Å². The van der Waals surface area contributed by atoms with Crippen molar-refractivity contribution in [2.75, 3.05) is 25.5 Å². The molecule has 2 aromatic rings. The van der Waals surface area contributed by atoms with Gasteiger partial charge in [-0.2, -0.15) is 4.31 Å². The highest BCUT2D eigenvalue weighted by Gasteiger charge is 2.23. The molecule has 1 amide bonds. The van der Waals surface area contributed by atoms with Crippen LogP contribution < -0.4 is 10.1 Å². The molecule has 0 saturated heterocycles. The number of rotatable bonds is 9. The van der Waals surface area contributed by atoms with E-state index < -0.39 is 20.9 Å². The zero-order valence-electron chi connectivity index (χ0n) is 16.9. The Hall–Kier alpha value is -3.24. The summed E-state index contributed by atoms with van der Waals surface area (Å²) < 4.78 is 32.0. The quantitative estimate of drug-likeness (QED) is 0.368. The third kappa shape index (κ3) is 5.22. The number of sulfonamides is 1. The van der Waals surface area contributed by atoms with Crippen molar-refractivity contribution >= 4 is 33.4 Å². The van der Waals surface area contributed by atoms with Gasteiger partial charge in [0.15, 0.2) is 0 Å². The smallest absolute Gasteiger partial charge is 0.276 e. The molecule has 30 heavy (non-hydrogen) atoms. The second-order valence-electron chi connectivity index (χ2n) is 6.09. The maximum absolute atomic E-state index is 12.7. The average Bonchev–Trinajstić information content (AvgIpc) is 2.73. The van der Waals surface area contributed by atoms with Crippen molar-refractivity contribution in [3.8, 4) is 5.75 Å². The number of anilines is 1. The van der Waals surface area contributed by atoms with Crippen LogP contribution in [0.3, 0.4) is 0 Å². The lowest BCUT2D eigenvalue weighted by Crippen LogP contribution is -2.30. The number of carbonyl (C=O) groups excluding carboxylic acids is 1. The molecule has 0 bridgehead atoms. The third-order valence-corrected chi connectivity index (χ3v) is 6.37. The number of hydrogen-bond donors (Lipinski definition) is 1. The van der Waals surface area contributed by atoms with Gasteiger partial charge in [0.2, 0.25) is 15.9 Å². The number of nitro benzene ring substituents is 1. The van der Waals surface area contributed by atoms with E-state index in [-0.39, 0.29) is 27.6 Å².